The second-order valence-corrected chi connectivity index (χ2v) is 5.04. The number of carbonyl (C=O) groups is 1. The van der Waals surface area contributed by atoms with Crippen molar-refractivity contribution in [1.29, 1.82) is 0 Å². The number of hydrogen-bond acceptors (Lipinski definition) is 4. The molecule has 0 radical (unpaired) electrons. The molecule has 1 aliphatic carbocycles. The number of urea groups is 1. The SMILES string of the molecule is Cc1cc(NC(=O)N[C@H]2CCCc3c2cnn3C)no1. The van der Waals surface area contributed by atoms with Gasteiger partial charge in [-0.1, -0.05) is 5.16 Å². The van der Waals surface area contributed by atoms with Crippen molar-refractivity contribution < 1.29 is 9.32 Å². The van der Waals surface area contributed by atoms with Gasteiger partial charge in [-0.2, -0.15) is 5.10 Å². The lowest BCUT2D eigenvalue weighted by Crippen LogP contribution is -2.34. The van der Waals surface area contributed by atoms with Crippen LogP contribution in [0.1, 0.15) is 35.9 Å². The maximum Gasteiger partial charge on any atom is 0.320 e. The van der Waals surface area contributed by atoms with Crippen LogP contribution in [-0.2, 0) is 13.5 Å². The Morgan fingerprint density at radius 3 is 3.15 bits per heavy atom. The first-order chi connectivity index (χ1) is 9.63. The summed E-state index contributed by atoms with van der Waals surface area (Å²) >= 11 is 0. The topological polar surface area (TPSA) is 85.0 Å². The monoisotopic (exact) mass is 275 g/mol. The predicted octanol–water partition coefficient (Wildman–Crippen LogP) is 1.92. The van der Waals surface area contributed by atoms with Crippen molar-refractivity contribution in [1.82, 2.24) is 20.3 Å². The van der Waals surface area contributed by atoms with Crippen LogP contribution in [0.5, 0.6) is 0 Å². The molecule has 3 rings (SSSR count). The fourth-order valence-electron chi connectivity index (χ4n) is 2.59. The van der Waals surface area contributed by atoms with Crippen molar-refractivity contribution in [2.45, 2.75) is 32.2 Å². The standard InChI is InChI=1S/C13H17N5O2/c1-8-6-12(17-20-8)16-13(19)15-10-4-3-5-11-9(10)7-14-18(11)2/h6-7,10H,3-5H2,1-2H3,(H2,15,16,17,19)/t10-/m0/s1. The maximum atomic E-state index is 12.0. The number of amides is 2. The largest absolute Gasteiger partial charge is 0.360 e. The van der Waals surface area contributed by atoms with E-state index in [9.17, 15) is 4.79 Å². The van der Waals surface area contributed by atoms with Gasteiger partial charge in [0.05, 0.1) is 12.2 Å². The smallest absolute Gasteiger partial charge is 0.320 e. The van der Waals surface area contributed by atoms with Crippen LogP contribution >= 0.6 is 0 Å². The molecule has 1 atom stereocenters. The van der Waals surface area contributed by atoms with E-state index >= 15 is 0 Å². The summed E-state index contributed by atoms with van der Waals surface area (Å²) in [5, 5.41) is 13.6. The number of anilines is 1. The summed E-state index contributed by atoms with van der Waals surface area (Å²) in [6.45, 7) is 1.78. The van der Waals surface area contributed by atoms with Crippen LogP contribution < -0.4 is 10.6 Å². The molecule has 7 heteroatoms. The Hall–Kier alpha value is -2.31. The third-order valence-electron chi connectivity index (χ3n) is 3.55. The van der Waals surface area contributed by atoms with Gasteiger partial charge < -0.3 is 9.84 Å². The second-order valence-electron chi connectivity index (χ2n) is 5.04. The van der Waals surface area contributed by atoms with Crippen LogP contribution in [0, 0.1) is 6.92 Å². The molecule has 0 saturated carbocycles. The lowest BCUT2D eigenvalue weighted by atomic mass is 9.93. The van der Waals surface area contributed by atoms with Crippen LogP contribution in [0.25, 0.3) is 0 Å². The van der Waals surface area contributed by atoms with E-state index in [4.69, 9.17) is 4.52 Å². The number of aryl methyl sites for hydroxylation is 2. The van der Waals surface area contributed by atoms with Crippen molar-refractivity contribution in [3.05, 3.63) is 29.3 Å². The summed E-state index contributed by atoms with van der Waals surface area (Å²) in [6, 6.07) is 1.40. The van der Waals surface area contributed by atoms with Gasteiger partial charge in [0.2, 0.25) is 0 Å². The summed E-state index contributed by atoms with van der Waals surface area (Å²) in [5.41, 5.74) is 2.30. The molecule has 1 aliphatic rings. The number of fused-ring (bicyclic) bond motifs is 1. The summed E-state index contributed by atoms with van der Waals surface area (Å²) in [7, 11) is 1.93. The van der Waals surface area contributed by atoms with E-state index in [1.54, 1.807) is 13.0 Å². The van der Waals surface area contributed by atoms with Gasteiger partial charge in [0.25, 0.3) is 0 Å². The third-order valence-corrected chi connectivity index (χ3v) is 3.55. The summed E-state index contributed by atoms with van der Waals surface area (Å²) in [5.74, 6) is 1.08. The summed E-state index contributed by atoms with van der Waals surface area (Å²) < 4.78 is 6.79. The molecule has 106 valence electrons. The van der Waals surface area contributed by atoms with E-state index in [-0.39, 0.29) is 12.1 Å². The van der Waals surface area contributed by atoms with Gasteiger partial charge in [0.1, 0.15) is 5.76 Å². The van der Waals surface area contributed by atoms with Crippen LogP contribution in [0.2, 0.25) is 0 Å². The highest BCUT2D eigenvalue weighted by Crippen LogP contribution is 2.29. The van der Waals surface area contributed by atoms with E-state index in [1.807, 2.05) is 17.9 Å². The molecule has 2 amide bonds. The lowest BCUT2D eigenvalue weighted by Gasteiger charge is -2.23. The number of nitrogens with one attached hydrogen (secondary N) is 2. The van der Waals surface area contributed by atoms with Gasteiger partial charge in [-0.15, -0.1) is 0 Å². The molecule has 0 aromatic carbocycles. The molecule has 0 fully saturated rings. The number of aromatic nitrogens is 3. The van der Waals surface area contributed by atoms with E-state index in [1.165, 1.54) is 5.69 Å². The minimum absolute atomic E-state index is 0.000415. The first kappa shape index (κ1) is 12.7. The van der Waals surface area contributed by atoms with Crippen LogP contribution in [-0.4, -0.2) is 21.0 Å². The number of carbonyl (C=O) groups excluding carboxylic acids is 1. The van der Waals surface area contributed by atoms with E-state index in [0.29, 0.717) is 11.6 Å². The third kappa shape index (κ3) is 2.38. The van der Waals surface area contributed by atoms with Gasteiger partial charge in [-0.05, 0) is 26.2 Å². The van der Waals surface area contributed by atoms with Crippen molar-refractivity contribution in [3.8, 4) is 0 Å². The van der Waals surface area contributed by atoms with Crippen LogP contribution in [0.4, 0.5) is 10.6 Å². The van der Waals surface area contributed by atoms with E-state index < -0.39 is 0 Å². The summed E-state index contributed by atoms with van der Waals surface area (Å²) in [4.78, 5) is 12.0. The Labute approximate surface area is 116 Å². The van der Waals surface area contributed by atoms with Crippen molar-refractivity contribution in [2.75, 3.05) is 5.32 Å². The molecule has 2 aromatic heterocycles. The normalized spacial score (nSPS) is 17.6. The molecule has 0 saturated heterocycles. The van der Waals surface area contributed by atoms with Gasteiger partial charge >= 0.3 is 6.03 Å². The Balaban J connectivity index is 1.68. The molecule has 0 unspecified atom stereocenters. The molecule has 2 N–H and O–H groups in total. The van der Waals surface area contributed by atoms with Crippen LogP contribution in [0.3, 0.4) is 0 Å². The fourth-order valence-corrected chi connectivity index (χ4v) is 2.59. The molecule has 2 heterocycles. The quantitative estimate of drug-likeness (QED) is 0.876. The zero-order chi connectivity index (χ0) is 14.1. The Morgan fingerprint density at radius 2 is 2.40 bits per heavy atom. The number of hydrogen-bond donors (Lipinski definition) is 2. The molecule has 0 bridgehead atoms. The first-order valence-electron chi connectivity index (χ1n) is 6.65. The fraction of sp³-hybridized carbons (Fsp3) is 0.462. The first-order valence-corrected chi connectivity index (χ1v) is 6.65. The van der Waals surface area contributed by atoms with Crippen molar-refractivity contribution in [3.63, 3.8) is 0 Å². The molecular formula is C13H17N5O2. The Kier molecular flexibility index (Phi) is 3.17. The van der Waals surface area contributed by atoms with Crippen molar-refractivity contribution in [2.24, 2.45) is 7.05 Å². The zero-order valence-corrected chi connectivity index (χ0v) is 11.5. The van der Waals surface area contributed by atoms with Gasteiger partial charge in [-0.3, -0.25) is 10.00 Å². The summed E-state index contributed by atoms with van der Waals surface area (Å²) in [6.07, 6.45) is 4.80. The van der Waals surface area contributed by atoms with Crippen molar-refractivity contribution >= 4 is 11.8 Å². The minimum atomic E-state index is -0.278. The van der Waals surface area contributed by atoms with E-state index in [0.717, 1.165) is 24.8 Å². The average molecular weight is 275 g/mol. The number of rotatable bonds is 2. The van der Waals surface area contributed by atoms with Crippen LogP contribution in [0.15, 0.2) is 16.8 Å². The molecule has 2 aromatic rings. The predicted molar refractivity (Wildman–Crippen MR) is 72.3 cm³/mol. The highest BCUT2D eigenvalue weighted by molar-refractivity contribution is 5.88. The van der Waals surface area contributed by atoms with E-state index in [2.05, 4.69) is 20.9 Å². The number of nitrogens with zero attached hydrogens (tertiary/aromatic N) is 3. The molecule has 0 aliphatic heterocycles. The minimum Gasteiger partial charge on any atom is -0.360 e. The van der Waals surface area contributed by atoms with Gasteiger partial charge in [0.15, 0.2) is 5.82 Å². The Morgan fingerprint density at radius 1 is 1.55 bits per heavy atom. The average Bonchev–Trinajstić information content (AvgIpc) is 2.98. The Bertz CT molecular complexity index is 630. The molecule has 7 nitrogen and oxygen atoms in total. The lowest BCUT2D eigenvalue weighted by molar-refractivity contribution is 0.246. The molecule has 0 spiro atoms. The highest BCUT2D eigenvalue weighted by Gasteiger charge is 2.24. The van der Waals surface area contributed by atoms with Gasteiger partial charge in [0, 0.05) is 24.4 Å². The maximum absolute atomic E-state index is 12.0. The van der Waals surface area contributed by atoms with Gasteiger partial charge in [-0.25, -0.2) is 4.79 Å². The molecule has 20 heavy (non-hydrogen) atoms. The molecular weight excluding hydrogens is 258 g/mol. The highest BCUT2D eigenvalue weighted by atomic mass is 16.5. The second kappa shape index (κ2) is 4.99. The zero-order valence-electron chi connectivity index (χ0n) is 11.5.